The van der Waals surface area contributed by atoms with E-state index in [0.29, 0.717) is 6.04 Å². The van der Waals surface area contributed by atoms with Crippen LogP contribution >= 0.6 is 11.3 Å². The Morgan fingerprint density at radius 3 is 2.84 bits per heavy atom. The van der Waals surface area contributed by atoms with Crippen LogP contribution in [0.5, 0.6) is 0 Å². The number of benzene rings is 1. The van der Waals surface area contributed by atoms with Gasteiger partial charge in [-0.25, -0.2) is 4.98 Å². The molecule has 3 heteroatoms. The third-order valence-electron chi connectivity index (χ3n) is 4.00. The molecule has 1 N–H and O–H groups in total. The van der Waals surface area contributed by atoms with E-state index in [1.807, 2.05) is 6.07 Å². The molecule has 1 aromatic heterocycles. The van der Waals surface area contributed by atoms with Crippen LogP contribution in [-0.4, -0.2) is 11.0 Å². The Kier molecular flexibility index (Phi) is 3.95. The average molecular weight is 272 g/mol. The van der Waals surface area contributed by atoms with Gasteiger partial charge in [0.25, 0.3) is 0 Å². The highest BCUT2D eigenvalue weighted by Gasteiger charge is 2.22. The highest BCUT2D eigenvalue weighted by Crippen LogP contribution is 2.26. The number of nitrogens with one attached hydrogen (secondary N) is 1. The van der Waals surface area contributed by atoms with Crippen LogP contribution in [0.15, 0.2) is 35.7 Å². The maximum Gasteiger partial charge on any atom is 0.107 e. The van der Waals surface area contributed by atoms with Gasteiger partial charge in [-0.05, 0) is 18.8 Å². The highest BCUT2D eigenvalue weighted by molar-refractivity contribution is 7.09. The van der Waals surface area contributed by atoms with E-state index in [0.717, 1.165) is 18.2 Å². The topological polar surface area (TPSA) is 24.9 Å². The zero-order valence-corrected chi connectivity index (χ0v) is 12.1. The van der Waals surface area contributed by atoms with Crippen LogP contribution < -0.4 is 5.32 Å². The molecule has 1 aliphatic carbocycles. The van der Waals surface area contributed by atoms with Crippen molar-refractivity contribution < 1.29 is 0 Å². The molecule has 2 nitrogen and oxygen atoms in total. The minimum atomic E-state index is 0.684. The molecular formula is C16H20N2S. The Hall–Kier alpha value is -1.19. The lowest BCUT2D eigenvalue weighted by Crippen LogP contribution is -2.30. The summed E-state index contributed by atoms with van der Waals surface area (Å²) in [4.78, 5) is 4.72. The van der Waals surface area contributed by atoms with Gasteiger partial charge in [0.2, 0.25) is 0 Å². The van der Waals surface area contributed by atoms with Crippen molar-refractivity contribution in [3.8, 4) is 11.3 Å². The van der Waals surface area contributed by atoms with Gasteiger partial charge in [0.05, 0.1) is 5.69 Å². The zero-order chi connectivity index (χ0) is 13.1. The van der Waals surface area contributed by atoms with Crippen molar-refractivity contribution >= 4 is 11.3 Å². The first kappa shape index (κ1) is 12.8. The first-order valence-corrected chi connectivity index (χ1v) is 7.94. The predicted octanol–water partition coefficient (Wildman–Crippen LogP) is 4.09. The predicted molar refractivity (Wildman–Crippen MR) is 81.2 cm³/mol. The normalized spacial score (nSPS) is 22.8. The summed E-state index contributed by atoms with van der Waals surface area (Å²) in [5.41, 5.74) is 2.31. The second-order valence-electron chi connectivity index (χ2n) is 5.39. The van der Waals surface area contributed by atoms with Gasteiger partial charge < -0.3 is 5.32 Å². The van der Waals surface area contributed by atoms with Crippen molar-refractivity contribution in [2.45, 2.75) is 38.8 Å². The molecule has 0 amide bonds. The summed E-state index contributed by atoms with van der Waals surface area (Å²) in [6.45, 7) is 3.26. The molecule has 1 aromatic carbocycles. The lowest BCUT2D eigenvalue weighted by molar-refractivity contribution is 0.426. The average Bonchev–Trinajstić information content (AvgIpc) is 3.06. The molecule has 2 atom stereocenters. The molecule has 0 spiro atoms. The lowest BCUT2D eigenvalue weighted by Gasteiger charge is -2.15. The van der Waals surface area contributed by atoms with E-state index < -0.39 is 0 Å². The molecule has 0 bridgehead atoms. The second kappa shape index (κ2) is 5.85. The number of nitrogens with zero attached hydrogens (tertiary/aromatic N) is 1. The Bertz CT molecular complexity index is 521. The Labute approximate surface area is 118 Å². The Morgan fingerprint density at radius 1 is 1.26 bits per heavy atom. The van der Waals surface area contributed by atoms with Crippen LogP contribution in [0.4, 0.5) is 0 Å². The summed E-state index contributed by atoms with van der Waals surface area (Å²) in [5.74, 6) is 0.813. The van der Waals surface area contributed by atoms with Gasteiger partial charge in [-0.15, -0.1) is 11.3 Å². The summed E-state index contributed by atoms with van der Waals surface area (Å²) >= 11 is 1.76. The maximum absolute atomic E-state index is 4.72. The van der Waals surface area contributed by atoms with Crippen LogP contribution in [0.1, 0.15) is 31.2 Å². The molecule has 1 saturated carbocycles. The quantitative estimate of drug-likeness (QED) is 0.907. The van der Waals surface area contributed by atoms with Crippen molar-refractivity contribution in [2.75, 3.05) is 0 Å². The summed E-state index contributed by atoms with van der Waals surface area (Å²) in [5, 5.41) is 7.01. The van der Waals surface area contributed by atoms with E-state index in [-0.39, 0.29) is 0 Å². The van der Waals surface area contributed by atoms with Crippen molar-refractivity contribution in [3.63, 3.8) is 0 Å². The largest absolute Gasteiger partial charge is 0.307 e. The summed E-state index contributed by atoms with van der Waals surface area (Å²) in [7, 11) is 0. The molecular weight excluding hydrogens is 252 g/mol. The van der Waals surface area contributed by atoms with Gasteiger partial charge in [0, 0.05) is 23.5 Å². The first-order chi connectivity index (χ1) is 9.33. The smallest absolute Gasteiger partial charge is 0.107 e. The van der Waals surface area contributed by atoms with Crippen LogP contribution in [0.25, 0.3) is 11.3 Å². The molecule has 1 aliphatic rings. The Morgan fingerprint density at radius 2 is 2.11 bits per heavy atom. The first-order valence-electron chi connectivity index (χ1n) is 7.06. The van der Waals surface area contributed by atoms with Gasteiger partial charge >= 0.3 is 0 Å². The second-order valence-corrected chi connectivity index (χ2v) is 6.33. The number of hydrogen-bond donors (Lipinski definition) is 1. The zero-order valence-electron chi connectivity index (χ0n) is 11.3. The SMILES string of the molecule is CC1CCCC1NCc1nc(-c2ccccc2)cs1. The third-order valence-corrected chi connectivity index (χ3v) is 4.85. The fraction of sp³-hybridized carbons (Fsp3) is 0.438. The van der Waals surface area contributed by atoms with Gasteiger partial charge in [-0.1, -0.05) is 43.7 Å². The van der Waals surface area contributed by atoms with Crippen molar-refractivity contribution in [3.05, 3.63) is 40.7 Å². The molecule has 0 aliphatic heterocycles. The van der Waals surface area contributed by atoms with E-state index in [9.17, 15) is 0 Å². The van der Waals surface area contributed by atoms with E-state index >= 15 is 0 Å². The van der Waals surface area contributed by atoms with Crippen molar-refractivity contribution in [1.82, 2.24) is 10.3 Å². The number of thiazole rings is 1. The molecule has 2 aromatic rings. The monoisotopic (exact) mass is 272 g/mol. The van der Waals surface area contributed by atoms with E-state index in [1.165, 1.54) is 29.8 Å². The highest BCUT2D eigenvalue weighted by atomic mass is 32.1. The van der Waals surface area contributed by atoms with Gasteiger partial charge in [-0.2, -0.15) is 0 Å². The third kappa shape index (κ3) is 3.04. The summed E-state index contributed by atoms with van der Waals surface area (Å²) < 4.78 is 0. The minimum Gasteiger partial charge on any atom is -0.307 e. The molecule has 0 saturated heterocycles. The van der Waals surface area contributed by atoms with Crippen LogP contribution in [0.2, 0.25) is 0 Å². The van der Waals surface area contributed by atoms with E-state index in [4.69, 9.17) is 4.98 Å². The standard InChI is InChI=1S/C16H20N2S/c1-12-6-5-9-14(12)17-10-16-18-15(11-19-16)13-7-3-2-4-8-13/h2-4,7-8,11-12,14,17H,5-6,9-10H2,1H3. The summed E-state index contributed by atoms with van der Waals surface area (Å²) in [6, 6.07) is 11.1. The molecule has 19 heavy (non-hydrogen) atoms. The molecule has 2 unspecified atom stereocenters. The van der Waals surface area contributed by atoms with Gasteiger partial charge in [0.15, 0.2) is 0 Å². The maximum atomic E-state index is 4.72. The molecule has 3 rings (SSSR count). The lowest BCUT2D eigenvalue weighted by atomic mass is 10.1. The van der Waals surface area contributed by atoms with Crippen LogP contribution in [-0.2, 0) is 6.54 Å². The molecule has 100 valence electrons. The number of aromatic nitrogens is 1. The molecule has 1 fully saturated rings. The van der Waals surface area contributed by atoms with E-state index in [2.05, 4.69) is 41.9 Å². The van der Waals surface area contributed by atoms with Crippen molar-refractivity contribution in [2.24, 2.45) is 5.92 Å². The molecule has 1 heterocycles. The number of hydrogen-bond acceptors (Lipinski definition) is 3. The van der Waals surface area contributed by atoms with Crippen LogP contribution in [0.3, 0.4) is 0 Å². The van der Waals surface area contributed by atoms with Gasteiger partial charge in [0.1, 0.15) is 5.01 Å². The van der Waals surface area contributed by atoms with Crippen LogP contribution in [0, 0.1) is 5.92 Å². The van der Waals surface area contributed by atoms with Gasteiger partial charge in [-0.3, -0.25) is 0 Å². The fourth-order valence-corrected chi connectivity index (χ4v) is 3.55. The van der Waals surface area contributed by atoms with E-state index in [1.54, 1.807) is 11.3 Å². The van der Waals surface area contributed by atoms with Crippen molar-refractivity contribution in [1.29, 1.82) is 0 Å². The number of rotatable bonds is 4. The Balaban J connectivity index is 1.62. The molecule has 0 radical (unpaired) electrons. The minimum absolute atomic E-state index is 0.684. The fourth-order valence-electron chi connectivity index (χ4n) is 2.80. The summed E-state index contributed by atoms with van der Waals surface area (Å²) in [6.07, 6.45) is 4.05.